The highest BCUT2D eigenvalue weighted by molar-refractivity contribution is 7.89. The van der Waals surface area contributed by atoms with E-state index in [1.807, 2.05) is 13.8 Å². The van der Waals surface area contributed by atoms with Gasteiger partial charge in [-0.05, 0) is 45.2 Å². The average Bonchev–Trinajstić information content (AvgIpc) is 2.32. The van der Waals surface area contributed by atoms with E-state index in [1.165, 1.54) is 0 Å². The molecule has 0 aromatic heterocycles. The second kappa shape index (κ2) is 7.61. The van der Waals surface area contributed by atoms with Gasteiger partial charge in [0.2, 0.25) is 10.0 Å². The molecule has 0 unspecified atom stereocenters. The normalized spacial score (nSPS) is 12.0. The second-order valence-electron chi connectivity index (χ2n) is 5.02. The molecule has 0 atom stereocenters. The van der Waals surface area contributed by atoms with Crippen LogP contribution in [0.3, 0.4) is 0 Å². The van der Waals surface area contributed by atoms with E-state index in [2.05, 4.69) is 4.72 Å². The molecular weight excluding hydrogens is 276 g/mol. The Morgan fingerprint density at radius 3 is 2.60 bits per heavy atom. The quantitative estimate of drug-likeness (QED) is 0.569. The zero-order valence-corrected chi connectivity index (χ0v) is 13.2. The lowest BCUT2D eigenvalue weighted by Gasteiger charge is -2.12. The van der Waals surface area contributed by atoms with Crippen molar-refractivity contribution in [1.29, 1.82) is 0 Å². The topological polar surface area (TPSA) is 81.4 Å². The summed E-state index contributed by atoms with van der Waals surface area (Å²) in [6.45, 7) is 6.72. The summed E-state index contributed by atoms with van der Waals surface area (Å²) in [5.74, 6) is 0. The minimum absolute atomic E-state index is 0.179. The van der Waals surface area contributed by atoms with Crippen molar-refractivity contribution in [2.24, 2.45) is 0 Å². The standard InChI is InChI=1S/C14H24N2O3S/c1-11(2)19-10-5-4-9-16-20(17,18)14-12(3)7-6-8-13(14)15/h6-8,11,16H,4-5,9-10,15H2,1-3H3. The number of nitrogens with two attached hydrogens (primary N) is 1. The summed E-state index contributed by atoms with van der Waals surface area (Å²) in [6.07, 6.45) is 1.76. The van der Waals surface area contributed by atoms with Crippen LogP contribution in [-0.4, -0.2) is 27.7 Å². The van der Waals surface area contributed by atoms with E-state index in [9.17, 15) is 8.42 Å². The third-order valence-electron chi connectivity index (χ3n) is 2.83. The largest absolute Gasteiger partial charge is 0.398 e. The number of anilines is 1. The Morgan fingerprint density at radius 1 is 1.30 bits per heavy atom. The summed E-state index contributed by atoms with van der Waals surface area (Å²) in [5, 5.41) is 0. The van der Waals surface area contributed by atoms with Crippen molar-refractivity contribution in [2.45, 2.75) is 44.6 Å². The van der Waals surface area contributed by atoms with Gasteiger partial charge in [0, 0.05) is 13.2 Å². The minimum atomic E-state index is -3.54. The van der Waals surface area contributed by atoms with Gasteiger partial charge in [-0.15, -0.1) is 0 Å². The van der Waals surface area contributed by atoms with Gasteiger partial charge in [-0.3, -0.25) is 0 Å². The van der Waals surface area contributed by atoms with Crippen LogP contribution in [0.5, 0.6) is 0 Å². The molecule has 0 saturated heterocycles. The first-order valence-electron chi connectivity index (χ1n) is 6.81. The minimum Gasteiger partial charge on any atom is -0.398 e. The SMILES string of the molecule is Cc1cccc(N)c1S(=O)(=O)NCCCCOC(C)C. The molecule has 6 heteroatoms. The van der Waals surface area contributed by atoms with Crippen molar-refractivity contribution in [3.8, 4) is 0 Å². The number of sulfonamides is 1. The molecule has 0 spiro atoms. The van der Waals surface area contributed by atoms with Crippen LogP contribution in [0, 0.1) is 6.92 Å². The second-order valence-corrected chi connectivity index (χ2v) is 6.72. The van der Waals surface area contributed by atoms with Crippen LogP contribution in [0.1, 0.15) is 32.3 Å². The number of nitrogen functional groups attached to an aromatic ring is 1. The molecule has 1 rings (SSSR count). The number of ether oxygens (including phenoxy) is 1. The summed E-state index contributed by atoms with van der Waals surface area (Å²) in [4.78, 5) is 0.179. The highest BCUT2D eigenvalue weighted by Crippen LogP contribution is 2.21. The molecule has 0 aliphatic rings. The van der Waals surface area contributed by atoms with E-state index in [4.69, 9.17) is 10.5 Å². The summed E-state index contributed by atoms with van der Waals surface area (Å²) in [5.41, 5.74) is 6.69. The Labute approximate surface area is 121 Å². The first-order chi connectivity index (χ1) is 9.34. The molecular formula is C14H24N2O3S. The molecule has 20 heavy (non-hydrogen) atoms. The predicted molar refractivity (Wildman–Crippen MR) is 81.1 cm³/mol. The zero-order valence-electron chi connectivity index (χ0n) is 12.3. The average molecular weight is 300 g/mol. The highest BCUT2D eigenvalue weighted by atomic mass is 32.2. The van der Waals surface area contributed by atoms with Crippen molar-refractivity contribution in [1.82, 2.24) is 4.72 Å². The van der Waals surface area contributed by atoms with Crippen LogP contribution < -0.4 is 10.5 Å². The van der Waals surface area contributed by atoms with Crippen LogP contribution >= 0.6 is 0 Å². The van der Waals surface area contributed by atoms with E-state index >= 15 is 0 Å². The van der Waals surface area contributed by atoms with Gasteiger partial charge in [-0.2, -0.15) is 0 Å². The number of nitrogens with one attached hydrogen (secondary N) is 1. The fourth-order valence-corrected chi connectivity index (χ4v) is 3.29. The fourth-order valence-electron chi connectivity index (χ4n) is 1.87. The Bertz CT molecular complexity index is 507. The molecule has 0 radical (unpaired) electrons. The van der Waals surface area contributed by atoms with Crippen LogP contribution in [0.4, 0.5) is 5.69 Å². The van der Waals surface area contributed by atoms with Gasteiger partial charge in [0.05, 0.1) is 11.8 Å². The number of hydrogen-bond donors (Lipinski definition) is 2. The Morgan fingerprint density at radius 2 is 2.00 bits per heavy atom. The number of rotatable bonds is 8. The molecule has 0 heterocycles. The zero-order chi connectivity index (χ0) is 15.2. The van der Waals surface area contributed by atoms with Crippen molar-refractivity contribution in [3.63, 3.8) is 0 Å². The molecule has 5 nitrogen and oxygen atoms in total. The molecule has 0 fully saturated rings. The molecule has 0 amide bonds. The lowest BCUT2D eigenvalue weighted by Crippen LogP contribution is -2.26. The van der Waals surface area contributed by atoms with Gasteiger partial charge in [0.15, 0.2) is 0 Å². The summed E-state index contributed by atoms with van der Waals surface area (Å²) in [7, 11) is -3.54. The Kier molecular flexibility index (Phi) is 6.45. The first-order valence-corrected chi connectivity index (χ1v) is 8.29. The predicted octanol–water partition coefficient (Wildman–Crippen LogP) is 2.06. The summed E-state index contributed by atoms with van der Waals surface area (Å²) in [6, 6.07) is 5.08. The fraction of sp³-hybridized carbons (Fsp3) is 0.571. The van der Waals surface area contributed by atoms with E-state index in [1.54, 1.807) is 25.1 Å². The van der Waals surface area contributed by atoms with Gasteiger partial charge < -0.3 is 10.5 Å². The number of hydrogen-bond acceptors (Lipinski definition) is 4. The molecule has 114 valence electrons. The van der Waals surface area contributed by atoms with Crippen molar-refractivity contribution >= 4 is 15.7 Å². The van der Waals surface area contributed by atoms with E-state index in [-0.39, 0.29) is 16.7 Å². The first kappa shape index (κ1) is 16.9. The van der Waals surface area contributed by atoms with Crippen molar-refractivity contribution in [2.75, 3.05) is 18.9 Å². The van der Waals surface area contributed by atoms with E-state index < -0.39 is 10.0 Å². The van der Waals surface area contributed by atoms with Crippen molar-refractivity contribution in [3.05, 3.63) is 23.8 Å². The van der Waals surface area contributed by atoms with E-state index in [0.29, 0.717) is 18.7 Å². The monoisotopic (exact) mass is 300 g/mol. The van der Waals surface area contributed by atoms with Gasteiger partial charge in [-0.1, -0.05) is 12.1 Å². The van der Waals surface area contributed by atoms with Crippen LogP contribution in [-0.2, 0) is 14.8 Å². The Balaban J connectivity index is 2.50. The number of aryl methyl sites for hydroxylation is 1. The molecule has 0 aliphatic heterocycles. The molecule has 0 aliphatic carbocycles. The number of benzene rings is 1. The van der Waals surface area contributed by atoms with Crippen LogP contribution in [0.25, 0.3) is 0 Å². The maximum absolute atomic E-state index is 12.2. The maximum Gasteiger partial charge on any atom is 0.242 e. The van der Waals surface area contributed by atoms with Gasteiger partial charge in [-0.25, -0.2) is 13.1 Å². The van der Waals surface area contributed by atoms with Gasteiger partial charge in [0.1, 0.15) is 4.90 Å². The van der Waals surface area contributed by atoms with Gasteiger partial charge >= 0.3 is 0 Å². The van der Waals surface area contributed by atoms with Crippen molar-refractivity contribution < 1.29 is 13.2 Å². The molecule has 1 aromatic carbocycles. The van der Waals surface area contributed by atoms with Gasteiger partial charge in [0.25, 0.3) is 0 Å². The Hall–Kier alpha value is -1.11. The maximum atomic E-state index is 12.2. The summed E-state index contributed by atoms with van der Waals surface area (Å²) < 4.78 is 32.4. The molecule has 0 bridgehead atoms. The molecule has 3 N–H and O–H groups in total. The van der Waals surface area contributed by atoms with Crippen LogP contribution in [0.15, 0.2) is 23.1 Å². The summed E-state index contributed by atoms with van der Waals surface area (Å²) >= 11 is 0. The lowest BCUT2D eigenvalue weighted by molar-refractivity contribution is 0.0762. The van der Waals surface area contributed by atoms with Crippen LogP contribution in [0.2, 0.25) is 0 Å². The number of unbranched alkanes of at least 4 members (excludes halogenated alkanes) is 1. The third-order valence-corrected chi connectivity index (χ3v) is 4.50. The third kappa shape index (κ3) is 5.11. The highest BCUT2D eigenvalue weighted by Gasteiger charge is 2.18. The smallest absolute Gasteiger partial charge is 0.242 e. The molecule has 1 aromatic rings. The van der Waals surface area contributed by atoms with E-state index in [0.717, 1.165) is 12.8 Å². The lowest BCUT2D eigenvalue weighted by atomic mass is 10.2. The molecule has 0 saturated carbocycles.